The zero-order valence-corrected chi connectivity index (χ0v) is 16.6. The summed E-state index contributed by atoms with van der Waals surface area (Å²) in [7, 11) is 0. The largest absolute Gasteiger partial charge is 0.206 e. The van der Waals surface area contributed by atoms with Crippen molar-refractivity contribution in [2.45, 2.75) is 19.8 Å². The molecule has 0 aliphatic heterocycles. The van der Waals surface area contributed by atoms with Crippen LogP contribution < -0.4 is 0 Å². The fourth-order valence-electron chi connectivity index (χ4n) is 3.61. The Balaban J connectivity index is 1.49. The van der Waals surface area contributed by atoms with Crippen molar-refractivity contribution in [1.82, 2.24) is 0 Å². The molecule has 0 bridgehead atoms. The Morgan fingerprint density at radius 2 is 1.27 bits per heavy atom. The minimum Gasteiger partial charge on any atom is -0.206 e. The lowest BCUT2D eigenvalue weighted by Gasteiger charge is -2.10. The van der Waals surface area contributed by atoms with Crippen LogP contribution in [-0.4, -0.2) is 0 Å². The molecule has 0 radical (unpaired) electrons. The predicted octanol–water partition coefficient (Wildman–Crippen LogP) is 7.53. The maximum Gasteiger partial charge on any atom is 0.166 e. The molecular weight excluding hydrogens is 381 g/mol. The highest BCUT2D eigenvalue weighted by molar-refractivity contribution is 5.65. The maximum atomic E-state index is 14.6. The lowest BCUT2D eigenvalue weighted by Crippen LogP contribution is -1.99. The third kappa shape index (κ3) is 4.16. The van der Waals surface area contributed by atoms with Gasteiger partial charge in [0, 0.05) is 11.1 Å². The van der Waals surface area contributed by atoms with Gasteiger partial charge in [0.05, 0.1) is 0 Å². The van der Waals surface area contributed by atoms with Gasteiger partial charge in [0.25, 0.3) is 0 Å². The zero-order valence-electron chi connectivity index (χ0n) is 16.6. The second-order valence-corrected chi connectivity index (χ2v) is 7.45. The van der Waals surface area contributed by atoms with E-state index in [0.29, 0.717) is 29.5 Å². The molecule has 0 fully saturated rings. The van der Waals surface area contributed by atoms with Gasteiger partial charge in [-0.1, -0.05) is 78.9 Å². The summed E-state index contributed by atoms with van der Waals surface area (Å²) < 4.78 is 43.3. The first-order chi connectivity index (χ1) is 14.5. The molecule has 4 rings (SSSR count). The predicted molar refractivity (Wildman–Crippen MR) is 116 cm³/mol. The Morgan fingerprint density at radius 1 is 0.600 bits per heavy atom. The van der Waals surface area contributed by atoms with E-state index in [2.05, 4.69) is 0 Å². The quantitative estimate of drug-likeness (QED) is 0.324. The lowest BCUT2D eigenvalue weighted by molar-refractivity contribution is 0.501. The van der Waals surface area contributed by atoms with E-state index in [-0.39, 0.29) is 11.4 Å². The highest BCUT2D eigenvalue weighted by Gasteiger charge is 2.14. The van der Waals surface area contributed by atoms with Gasteiger partial charge in [-0.3, -0.25) is 0 Å². The maximum absolute atomic E-state index is 14.6. The molecule has 0 aromatic heterocycles. The van der Waals surface area contributed by atoms with Gasteiger partial charge in [0.2, 0.25) is 0 Å². The second kappa shape index (κ2) is 8.58. The summed E-state index contributed by atoms with van der Waals surface area (Å²) in [5.74, 6) is -1.86. The van der Waals surface area contributed by atoms with Crippen LogP contribution in [0.3, 0.4) is 0 Å². The van der Waals surface area contributed by atoms with Crippen LogP contribution in [-0.2, 0) is 12.8 Å². The van der Waals surface area contributed by atoms with Gasteiger partial charge in [-0.25, -0.2) is 13.2 Å². The summed E-state index contributed by atoms with van der Waals surface area (Å²) in [6.07, 6.45) is 0.952. The van der Waals surface area contributed by atoms with Crippen molar-refractivity contribution in [2.75, 3.05) is 0 Å². The van der Waals surface area contributed by atoms with Crippen LogP contribution in [0.25, 0.3) is 22.3 Å². The molecule has 0 heterocycles. The van der Waals surface area contributed by atoms with Crippen LogP contribution in [0.4, 0.5) is 13.2 Å². The molecule has 0 atom stereocenters. The second-order valence-electron chi connectivity index (χ2n) is 7.45. The molecule has 0 saturated heterocycles. The van der Waals surface area contributed by atoms with Crippen LogP contribution in [0.1, 0.15) is 16.7 Å². The highest BCUT2D eigenvalue weighted by Crippen LogP contribution is 2.28. The number of benzene rings is 4. The molecule has 0 aliphatic carbocycles. The van der Waals surface area contributed by atoms with Crippen molar-refractivity contribution in [1.29, 1.82) is 0 Å². The van der Waals surface area contributed by atoms with Crippen molar-refractivity contribution in [3.63, 3.8) is 0 Å². The molecule has 0 aliphatic rings. The fourth-order valence-corrected chi connectivity index (χ4v) is 3.61. The first-order valence-corrected chi connectivity index (χ1v) is 9.90. The molecule has 30 heavy (non-hydrogen) atoms. The fraction of sp³-hybridized carbons (Fsp3) is 0.111. The molecule has 0 N–H and O–H groups in total. The Morgan fingerprint density at radius 3 is 1.97 bits per heavy atom. The summed E-state index contributed by atoms with van der Waals surface area (Å²) in [5, 5.41) is 0. The van der Waals surface area contributed by atoms with E-state index in [4.69, 9.17) is 0 Å². The van der Waals surface area contributed by atoms with E-state index in [1.807, 2.05) is 43.3 Å². The van der Waals surface area contributed by atoms with E-state index in [9.17, 15) is 13.2 Å². The van der Waals surface area contributed by atoms with Crippen molar-refractivity contribution in [3.05, 3.63) is 119 Å². The lowest BCUT2D eigenvalue weighted by atomic mass is 9.97. The number of halogens is 3. The average molecular weight is 402 g/mol. The van der Waals surface area contributed by atoms with E-state index in [1.165, 1.54) is 6.07 Å². The van der Waals surface area contributed by atoms with E-state index in [1.54, 1.807) is 42.5 Å². The van der Waals surface area contributed by atoms with Crippen LogP contribution in [0.5, 0.6) is 0 Å². The highest BCUT2D eigenvalue weighted by atomic mass is 19.2. The molecule has 0 nitrogen and oxygen atoms in total. The smallest absolute Gasteiger partial charge is 0.166 e. The SMILES string of the molecule is Cc1ccc(-c2ccc(CCc3ccc(-c4ccccc4)c(F)c3F)cc2)c(F)c1. The van der Waals surface area contributed by atoms with Gasteiger partial charge < -0.3 is 0 Å². The number of hydrogen-bond acceptors (Lipinski definition) is 0. The Bertz CT molecular complexity index is 1160. The minimum absolute atomic E-state index is 0.251. The monoisotopic (exact) mass is 402 g/mol. The molecule has 0 saturated carbocycles. The molecule has 0 spiro atoms. The van der Waals surface area contributed by atoms with Gasteiger partial charge in [0.15, 0.2) is 11.6 Å². The van der Waals surface area contributed by atoms with Crippen molar-refractivity contribution >= 4 is 0 Å². The molecular formula is C27H21F3. The number of aryl methyl sites for hydroxylation is 3. The molecule has 150 valence electrons. The number of rotatable bonds is 5. The van der Waals surface area contributed by atoms with Gasteiger partial charge in [-0.15, -0.1) is 0 Å². The van der Waals surface area contributed by atoms with Crippen LogP contribution in [0, 0.1) is 24.4 Å². The zero-order chi connectivity index (χ0) is 21.1. The van der Waals surface area contributed by atoms with E-state index in [0.717, 1.165) is 16.7 Å². The van der Waals surface area contributed by atoms with Gasteiger partial charge in [-0.05, 0) is 53.6 Å². The van der Waals surface area contributed by atoms with Crippen LogP contribution in [0.2, 0.25) is 0 Å². The summed E-state index contributed by atoms with van der Waals surface area (Å²) in [4.78, 5) is 0. The van der Waals surface area contributed by atoms with E-state index >= 15 is 0 Å². The third-order valence-corrected chi connectivity index (χ3v) is 5.32. The first kappa shape index (κ1) is 20.0. The molecule has 4 aromatic rings. The summed E-state index contributed by atoms with van der Waals surface area (Å²) in [6, 6.07) is 24.9. The first-order valence-electron chi connectivity index (χ1n) is 9.90. The van der Waals surface area contributed by atoms with Gasteiger partial charge >= 0.3 is 0 Å². The van der Waals surface area contributed by atoms with Crippen LogP contribution in [0.15, 0.2) is 84.9 Å². The topological polar surface area (TPSA) is 0 Å². The Labute approximate surface area is 174 Å². The van der Waals surface area contributed by atoms with Crippen LogP contribution >= 0.6 is 0 Å². The third-order valence-electron chi connectivity index (χ3n) is 5.32. The average Bonchev–Trinajstić information content (AvgIpc) is 2.76. The van der Waals surface area contributed by atoms with Crippen molar-refractivity contribution in [3.8, 4) is 22.3 Å². The number of hydrogen-bond donors (Lipinski definition) is 0. The molecule has 0 unspecified atom stereocenters. The summed E-state index contributed by atoms with van der Waals surface area (Å²) >= 11 is 0. The van der Waals surface area contributed by atoms with Gasteiger partial charge in [-0.2, -0.15) is 0 Å². The summed E-state index contributed by atoms with van der Waals surface area (Å²) in [6.45, 7) is 1.85. The normalized spacial score (nSPS) is 10.9. The Hall–Kier alpha value is -3.33. The standard InChI is InChI=1S/C27H21F3/c1-18-7-15-23(25(28)17-18)21-11-8-19(9-12-21)10-13-22-14-16-24(27(30)26(22)29)20-5-3-2-4-6-20/h2-9,11-12,14-17H,10,13H2,1H3. The van der Waals surface area contributed by atoms with Crippen molar-refractivity contribution in [2.24, 2.45) is 0 Å². The molecule has 4 aromatic carbocycles. The summed E-state index contributed by atoms with van der Waals surface area (Å²) in [5.41, 5.74) is 4.47. The molecule has 0 amide bonds. The molecule has 3 heteroatoms. The van der Waals surface area contributed by atoms with Gasteiger partial charge in [0.1, 0.15) is 5.82 Å². The minimum atomic E-state index is -0.816. The Kier molecular flexibility index (Phi) is 5.71. The van der Waals surface area contributed by atoms with E-state index < -0.39 is 11.6 Å². The van der Waals surface area contributed by atoms with Crippen molar-refractivity contribution < 1.29 is 13.2 Å².